The van der Waals surface area contributed by atoms with Crippen LogP contribution in [0.2, 0.25) is 0 Å². The van der Waals surface area contributed by atoms with Crippen LogP contribution in [-0.2, 0) is 14.3 Å². The van der Waals surface area contributed by atoms with Gasteiger partial charge in [0.1, 0.15) is 11.2 Å². The maximum absolute atomic E-state index is 12.5. The van der Waals surface area contributed by atoms with Crippen LogP contribution < -0.4 is 5.32 Å². The number of carbonyl (C=O) groups is 2. The van der Waals surface area contributed by atoms with Crippen molar-refractivity contribution in [2.45, 2.75) is 65.7 Å². The zero-order valence-corrected chi connectivity index (χ0v) is 15.0. The minimum atomic E-state index is -0.913. The first-order valence-corrected chi connectivity index (χ1v) is 7.66. The Morgan fingerprint density at radius 2 is 1.57 bits per heavy atom. The van der Waals surface area contributed by atoms with Crippen molar-refractivity contribution in [1.29, 1.82) is 0 Å². The molecule has 128 valence electrons. The molecule has 1 amide bonds. The number of aryl methyl sites for hydroxylation is 1. The summed E-state index contributed by atoms with van der Waals surface area (Å²) in [6.07, 6.45) is -0.658. The predicted octanol–water partition coefficient (Wildman–Crippen LogP) is 3.90. The van der Waals surface area contributed by atoms with E-state index in [9.17, 15) is 9.59 Å². The number of hydrogen-bond donors (Lipinski definition) is 1. The van der Waals surface area contributed by atoms with Crippen molar-refractivity contribution in [2.75, 3.05) is 0 Å². The molecule has 0 unspecified atom stereocenters. The van der Waals surface area contributed by atoms with Crippen LogP contribution in [0, 0.1) is 6.92 Å². The first kappa shape index (κ1) is 19.0. The summed E-state index contributed by atoms with van der Waals surface area (Å²) in [5.74, 6) is -0.519. The highest BCUT2D eigenvalue weighted by molar-refractivity contribution is 5.83. The number of alkyl carbamates (subject to hydrolysis) is 1. The van der Waals surface area contributed by atoms with Gasteiger partial charge in [-0.15, -0.1) is 0 Å². The number of esters is 1. The Morgan fingerprint density at radius 1 is 1.00 bits per heavy atom. The van der Waals surface area contributed by atoms with Crippen LogP contribution in [0.25, 0.3) is 0 Å². The lowest BCUT2D eigenvalue weighted by Gasteiger charge is -2.26. The van der Waals surface area contributed by atoms with Crippen LogP contribution in [-0.4, -0.2) is 23.3 Å². The average Bonchev–Trinajstić information content (AvgIpc) is 2.31. The highest BCUT2D eigenvalue weighted by atomic mass is 16.6. The molecule has 1 aromatic carbocycles. The number of benzene rings is 1. The van der Waals surface area contributed by atoms with E-state index in [1.165, 1.54) is 0 Å². The SMILES string of the molecule is Cc1cccc([C@@H](NC(=O)OC(C)(C)C)C(=O)OC(C)(C)C)c1. The van der Waals surface area contributed by atoms with E-state index in [4.69, 9.17) is 9.47 Å². The van der Waals surface area contributed by atoms with E-state index < -0.39 is 29.3 Å². The maximum Gasteiger partial charge on any atom is 0.408 e. The molecule has 0 spiro atoms. The largest absolute Gasteiger partial charge is 0.458 e. The van der Waals surface area contributed by atoms with E-state index in [0.29, 0.717) is 5.56 Å². The highest BCUT2D eigenvalue weighted by Crippen LogP contribution is 2.20. The molecular weight excluding hydrogens is 294 g/mol. The van der Waals surface area contributed by atoms with Crippen molar-refractivity contribution in [3.05, 3.63) is 35.4 Å². The van der Waals surface area contributed by atoms with Gasteiger partial charge in [0.2, 0.25) is 0 Å². The molecule has 1 N–H and O–H groups in total. The van der Waals surface area contributed by atoms with Crippen LogP contribution in [0.15, 0.2) is 24.3 Å². The summed E-state index contributed by atoms with van der Waals surface area (Å²) in [5, 5.41) is 2.60. The van der Waals surface area contributed by atoms with E-state index in [2.05, 4.69) is 5.32 Å². The Hall–Kier alpha value is -2.04. The topological polar surface area (TPSA) is 64.6 Å². The number of carbonyl (C=O) groups excluding carboxylic acids is 2. The maximum atomic E-state index is 12.5. The van der Waals surface area contributed by atoms with Crippen LogP contribution >= 0.6 is 0 Å². The summed E-state index contributed by atoms with van der Waals surface area (Å²) >= 11 is 0. The summed E-state index contributed by atoms with van der Waals surface area (Å²) in [6.45, 7) is 12.6. The van der Waals surface area contributed by atoms with Crippen molar-refractivity contribution in [3.63, 3.8) is 0 Å². The molecule has 5 heteroatoms. The normalized spacial score (nSPS) is 13.2. The van der Waals surface area contributed by atoms with E-state index in [-0.39, 0.29) is 0 Å². The minimum absolute atomic E-state index is 0.519. The molecule has 0 fully saturated rings. The van der Waals surface area contributed by atoms with Gasteiger partial charge in [0, 0.05) is 0 Å². The second kappa shape index (κ2) is 7.02. The van der Waals surface area contributed by atoms with Gasteiger partial charge < -0.3 is 14.8 Å². The Bertz CT molecular complexity index is 567. The van der Waals surface area contributed by atoms with Crippen molar-refractivity contribution >= 4 is 12.1 Å². The molecule has 0 aliphatic carbocycles. The molecular formula is C18H27NO4. The lowest BCUT2D eigenvalue weighted by Crippen LogP contribution is -2.40. The van der Waals surface area contributed by atoms with Gasteiger partial charge in [-0.2, -0.15) is 0 Å². The third-order valence-corrected chi connectivity index (χ3v) is 2.68. The van der Waals surface area contributed by atoms with Crippen molar-refractivity contribution in [2.24, 2.45) is 0 Å². The molecule has 0 radical (unpaired) electrons. The summed E-state index contributed by atoms with van der Waals surface area (Å²) < 4.78 is 10.7. The second-order valence-corrected chi connectivity index (χ2v) is 7.53. The molecule has 0 aliphatic rings. The lowest BCUT2D eigenvalue weighted by molar-refractivity contribution is -0.157. The van der Waals surface area contributed by atoms with Crippen LogP contribution in [0.1, 0.15) is 58.7 Å². The Balaban J connectivity index is 3.02. The lowest BCUT2D eigenvalue weighted by atomic mass is 10.0. The molecule has 1 aromatic rings. The standard InChI is InChI=1S/C18H27NO4/c1-12-9-8-10-13(11-12)14(15(20)22-17(2,3)4)19-16(21)23-18(5,6)7/h8-11,14H,1-7H3,(H,19,21)/t14-/m1/s1. The minimum Gasteiger partial charge on any atom is -0.458 e. The number of amides is 1. The van der Waals surface area contributed by atoms with Crippen LogP contribution in [0.5, 0.6) is 0 Å². The zero-order valence-electron chi connectivity index (χ0n) is 15.0. The fraction of sp³-hybridized carbons (Fsp3) is 0.556. The number of nitrogens with one attached hydrogen (secondary N) is 1. The third-order valence-electron chi connectivity index (χ3n) is 2.68. The average molecular weight is 321 g/mol. The van der Waals surface area contributed by atoms with Gasteiger partial charge in [-0.3, -0.25) is 0 Å². The molecule has 23 heavy (non-hydrogen) atoms. The molecule has 1 atom stereocenters. The van der Waals surface area contributed by atoms with E-state index in [1.54, 1.807) is 47.6 Å². The molecule has 0 saturated heterocycles. The van der Waals surface area contributed by atoms with Gasteiger partial charge in [0.15, 0.2) is 6.04 Å². The van der Waals surface area contributed by atoms with Gasteiger partial charge in [-0.05, 0) is 54.0 Å². The van der Waals surface area contributed by atoms with Gasteiger partial charge in [0.05, 0.1) is 0 Å². The van der Waals surface area contributed by atoms with Gasteiger partial charge >= 0.3 is 12.1 Å². The van der Waals surface area contributed by atoms with Crippen molar-refractivity contribution in [1.82, 2.24) is 5.32 Å². The van der Waals surface area contributed by atoms with Gasteiger partial charge in [-0.1, -0.05) is 29.8 Å². The predicted molar refractivity (Wildman–Crippen MR) is 89.1 cm³/mol. The molecule has 0 aliphatic heterocycles. The van der Waals surface area contributed by atoms with Crippen LogP contribution in [0.3, 0.4) is 0 Å². The van der Waals surface area contributed by atoms with E-state index in [1.807, 2.05) is 25.1 Å². The van der Waals surface area contributed by atoms with Crippen molar-refractivity contribution < 1.29 is 19.1 Å². The Kier molecular flexibility index (Phi) is 5.81. The highest BCUT2D eigenvalue weighted by Gasteiger charge is 2.30. The molecule has 0 saturated carbocycles. The van der Waals surface area contributed by atoms with E-state index in [0.717, 1.165) is 5.56 Å². The monoisotopic (exact) mass is 321 g/mol. The fourth-order valence-electron chi connectivity index (χ4n) is 1.91. The number of hydrogen-bond acceptors (Lipinski definition) is 4. The molecule has 0 heterocycles. The molecule has 0 bridgehead atoms. The molecule has 0 aromatic heterocycles. The summed E-state index contributed by atoms with van der Waals surface area (Å²) in [4.78, 5) is 24.5. The van der Waals surface area contributed by atoms with Gasteiger partial charge in [-0.25, -0.2) is 9.59 Å². The first-order valence-electron chi connectivity index (χ1n) is 7.66. The van der Waals surface area contributed by atoms with Crippen molar-refractivity contribution in [3.8, 4) is 0 Å². The second-order valence-electron chi connectivity index (χ2n) is 7.53. The van der Waals surface area contributed by atoms with E-state index >= 15 is 0 Å². The molecule has 1 rings (SSSR count). The quantitative estimate of drug-likeness (QED) is 0.858. The Labute approximate surface area is 138 Å². The zero-order chi connectivity index (χ0) is 17.8. The Morgan fingerprint density at radius 3 is 2.04 bits per heavy atom. The van der Waals surface area contributed by atoms with Crippen LogP contribution in [0.4, 0.5) is 4.79 Å². The smallest absolute Gasteiger partial charge is 0.408 e. The van der Waals surface area contributed by atoms with Gasteiger partial charge in [0.25, 0.3) is 0 Å². The summed E-state index contributed by atoms with van der Waals surface area (Å²) in [5.41, 5.74) is 0.358. The summed E-state index contributed by atoms with van der Waals surface area (Å²) in [7, 11) is 0. The molecule has 5 nitrogen and oxygen atoms in total. The number of rotatable bonds is 3. The third kappa shape index (κ3) is 7.17. The summed E-state index contributed by atoms with van der Waals surface area (Å²) in [6, 6.07) is 6.45. The number of ether oxygens (including phenoxy) is 2. The first-order chi connectivity index (χ1) is 10.4. The fourth-order valence-corrected chi connectivity index (χ4v) is 1.91.